The highest BCUT2D eigenvalue weighted by Gasteiger charge is 2.19. The van der Waals surface area contributed by atoms with Gasteiger partial charge in [-0.15, -0.1) is 0 Å². The molecule has 5 heteroatoms. The average molecular weight is 165 g/mol. The fourth-order valence-electron chi connectivity index (χ4n) is 0.298. The Bertz CT molecular complexity index is 150. The van der Waals surface area contributed by atoms with Crippen molar-refractivity contribution in [3.8, 4) is 11.4 Å². The van der Waals surface area contributed by atoms with E-state index in [1.54, 1.807) is 19.6 Å². The lowest BCUT2D eigenvalue weighted by Gasteiger charge is -2.08. The fourth-order valence-corrected chi connectivity index (χ4v) is 0.895. The lowest BCUT2D eigenvalue weighted by Crippen LogP contribution is -2.20. The molecule has 0 aliphatic carbocycles. The van der Waals surface area contributed by atoms with Gasteiger partial charge in [0.05, 0.1) is 0 Å². The Hall–Kier alpha value is -0.368. The molecule has 0 saturated heterocycles. The third-order valence-corrected chi connectivity index (χ3v) is 1.51. The highest BCUT2D eigenvalue weighted by molar-refractivity contribution is 6.85. The predicted octanol–water partition coefficient (Wildman–Crippen LogP) is 2.25. The van der Waals surface area contributed by atoms with Crippen molar-refractivity contribution in [2.45, 2.75) is 19.6 Å². The van der Waals surface area contributed by atoms with Gasteiger partial charge in [0, 0.05) is 0 Å². The number of rotatable bonds is 0. The van der Waals surface area contributed by atoms with Crippen molar-refractivity contribution in [3.05, 3.63) is 0 Å². The molecule has 0 rings (SSSR count). The molecular formula is C5H9BF3Si-. The Labute approximate surface area is 59.9 Å². The largest absolute Gasteiger partial charge is 0.557 e. The average Bonchev–Trinajstić information content (AvgIpc) is 1.57. The van der Waals surface area contributed by atoms with Gasteiger partial charge in [-0.05, 0) is 0 Å². The zero-order valence-corrected chi connectivity index (χ0v) is 7.21. The third-order valence-electron chi connectivity index (χ3n) is 0.611. The summed E-state index contributed by atoms with van der Waals surface area (Å²) in [6.45, 7) is 0.446. The molecule has 0 atom stereocenters. The van der Waals surface area contributed by atoms with E-state index in [9.17, 15) is 12.9 Å². The van der Waals surface area contributed by atoms with Crippen LogP contribution in [0.1, 0.15) is 0 Å². The maximum atomic E-state index is 11.5. The minimum atomic E-state index is -4.89. The molecule has 58 valence electrons. The number of halogens is 3. The molecule has 0 spiro atoms. The summed E-state index contributed by atoms with van der Waals surface area (Å²) in [7, 11) is -1.83. The molecular weight excluding hydrogens is 156 g/mol. The smallest absolute Gasteiger partial charge is 0.438 e. The molecule has 0 amide bonds. The first-order valence-electron chi connectivity index (χ1n) is 2.94. The van der Waals surface area contributed by atoms with Crippen LogP contribution < -0.4 is 0 Å². The van der Waals surface area contributed by atoms with Crippen LogP contribution in [0.15, 0.2) is 0 Å². The van der Waals surface area contributed by atoms with Crippen LogP contribution in [0.25, 0.3) is 0 Å². The van der Waals surface area contributed by atoms with E-state index in [1.807, 2.05) is 0 Å². The first-order valence-corrected chi connectivity index (χ1v) is 6.44. The van der Waals surface area contributed by atoms with E-state index in [2.05, 4.69) is 5.54 Å². The molecule has 0 radical (unpaired) electrons. The maximum absolute atomic E-state index is 11.5. The minimum absolute atomic E-state index is 1.34. The SMILES string of the molecule is C[Si](C)(C)C#C[B-](F)(F)F. The highest BCUT2D eigenvalue weighted by atomic mass is 28.3. The zero-order chi connectivity index (χ0) is 8.41. The van der Waals surface area contributed by atoms with Crippen molar-refractivity contribution < 1.29 is 12.9 Å². The molecule has 0 nitrogen and oxygen atoms in total. The summed E-state index contributed by atoms with van der Waals surface area (Å²) in [5, 5.41) is 0. The molecule has 0 aromatic heterocycles. The second-order valence-electron chi connectivity index (χ2n) is 3.09. The Balaban J connectivity index is 4.19. The van der Waals surface area contributed by atoms with Crippen LogP contribution in [-0.4, -0.2) is 15.1 Å². The van der Waals surface area contributed by atoms with E-state index in [0.717, 1.165) is 0 Å². The molecule has 10 heavy (non-hydrogen) atoms. The van der Waals surface area contributed by atoms with Gasteiger partial charge in [-0.2, -0.15) is 5.54 Å². The van der Waals surface area contributed by atoms with Crippen molar-refractivity contribution in [3.63, 3.8) is 0 Å². The number of hydrogen-bond donors (Lipinski definition) is 0. The molecule has 0 fully saturated rings. The van der Waals surface area contributed by atoms with E-state index >= 15 is 0 Å². The van der Waals surface area contributed by atoms with E-state index in [-0.39, 0.29) is 0 Å². The number of hydrogen-bond acceptors (Lipinski definition) is 0. The van der Waals surface area contributed by atoms with Gasteiger partial charge >= 0.3 is 6.98 Å². The lowest BCUT2D eigenvalue weighted by atomic mass is 9.95. The van der Waals surface area contributed by atoms with E-state index in [4.69, 9.17) is 0 Å². The topological polar surface area (TPSA) is 0 Å². The van der Waals surface area contributed by atoms with Crippen LogP contribution in [0.2, 0.25) is 19.6 Å². The van der Waals surface area contributed by atoms with Crippen molar-refractivity contribution in [1.82, 2.24) is 0 Å². The molecule has 0 saturated carbocycles. The Morgan fingerprint density at radius 2 is 1.50 bits per heavy atom. The molecule has 0 bridgehead atoms. The second kappa shape index (κ2) is 2.71. The molecule has 0 aliphatic heterocycles. The third kappa shape index (κ3) is 7.63. The summed E-state index contributed by atoms with van der Waals surface area (Å²) >= 11 is 0. The first-order chi connectivity index (χ1) is 4.21. The van der Waals surface area contributed by atoms with Crippen LogP contribution in [0, 0.1) is 11.4 Å². The van der Waals surface area contributed by atoms with Crippen molar-refractivity contribution >= 4 is 15.1 Å². The Morgan fingerprint density at radius 1 is 1.10 bits per heavy atom. The molecule has 0 unspecified atom stereocenters. The summed E-state index contributed by atoms with van der Waals surface area (Å²) in [6.07, 6.45) is 0. The van der Waals surface area contributed by atoms with Gasteiger partial charge in [0.2, 0.25) is 0 Å². The predicted molar refractivity (Wildman–Crippen MR) is 40.2 cm³/mol. The summed E-state index contributed by atoms with van der Waals surface area (Å²) in [6, 6.07) is 0. The van der Waals surface area contributed by atoms with Crippen LogP contribution >= 0.6 is 0 Å². The Morgan fingerprint density at radius 3 is 1.60 bits per heavy atom. The van der Waals surface area contributed by atoms with Gasteiger partial charge in [0.1, 0.15) is 8.07 Å². The normalized spacial score (nSPS) is 12.2. The van der Waals surface area contributed by atoms with E-state index in [1.165, 1.54) is 5.82 Å². The van der Waals surface area contributed by atoms with Crippen molar-refractivity contribution in [1.29, 1.82) is 0 Å². The van der Waals surface area contributed by atoms with Gasteiger partial charge in [-0.25, -0.2) is 5.82 Å². The van der Waals surface area contributed by atoms with Crippen molar-refractivity contribution in [2.24, 2.45) is 0 Å². The summed E-state index contributed by atoms with van der Waals surface area (Å²) in [5.41, 5.74) is 2.25. The van der Waals surface area contributed by atoms with Crippen LogP contribution in [0.4, 0.5) is 12.9 Å². The zero-order valence-electron chi connectivity index (χ0n) is 6.21. The van der Waals surface area contributed by atoms with Crippen LogP contribution in [0.3, 0.4) is 0 Å². The van der Waals surface area contributed by atoms with Gasteiger partial charge in [-0.3, -0.25) is 0 Å². The maximum Gasteiger partial charge on any atom is 0.557 e. The van der Waals surface area contributed by atoms with Gasteiger partial charge in [0.25, 0.3) is 0 Å². The Kier molecular flexibility index (Phi) is 2.61. The highest BCUT2D eigenvalue weighted by Crippen LogP contribution is 2.06. The van der Waals surface area contributed by atoms with Crippen molar-refractivity contribution in [2.75, 3.05) is 0 Å². The summed E-state index contributed by atoms with van der Waals surface area (Å²) < 4.78 is 34.5. The lowest BCUT2D eigenvalue weighted by molar-refractivity contribution is 0.504. The van der Waals surface area contributed by atoms with Crippen LogP contribution in [0.5, 0.6) is 0 Å². The first kappa shape index (κ1) is 9.63. The minimum Gasteiger partial charge on any atom is -0.438 e. The van der Waals surface area contributed by atoms with E-state index < -0.39 is 15.1 Å². The van der Waals surface area contributed by atoms with E-state index in [0.29, 0.717) is 0 Å². The van der Waals surface area contributed by atoms with Gasteiger partial charge < -0.3 is 12.9 Å². The monoisotopic (exact) mass is 165 g/mol. The molecule has 0 aromatic rings. The van der Waals surface area contributed by atoms with Gasteiger partial charge in [0.15, 0.2) is 0 Å². The standard InChI is InChI=1S/C5H9BF3Si/c1-10(2,3)5-4-6(7,8)9/h1-3H3/q-1. The van der Waals surface area contributed by atoms with Crippen LogP contribution in [-0.2, 0) is 0 Å². The quantitative estimate of drug-likeness (QED) is 0.381. The molecule has 0 N–H and O–H groups in total. The molecule has 0 aromatic carbocycles. The molecule has 0 heterocycles. The second-order valence-corrected chi connectivity index (χ2v) is 7.84. The summed E-state index contributed by atoms with van der Waals surface area (Å²) in [4.78, 5) is 0. The summed E-state index contributed by atoms with van der Waals surface area (Å²) in [5.74, 6) is 1.34. The molecule has 0 aliphatic rings. The van der Waals surface area contributed by atoms with Gasteiger partial charge in [-0.1, -0.05) is 19.6 Å². The fraction of sp³-hybridized carbons (Fsp3) is 0.600.